The molecule has 0 aliphatic rings. The first-order valence-corrected chi connectivity index (χ1v) is 6.82. The molecule has 0 aromatic heterocycles. The van der Waals surface area contributed by atoms with E-state index in [0.717, 1.165) is 11.1 Å². The number of sulfone groups is 1. The number of carboxylic acid groups (broad SMARTS) is 1. The van der Waals surface area contributed by atoms with Gasteiger partial charge in [-0.2, -0.15) is 0 Å². The van der Waals surface area contributed by atoms with E-state index >= 15 is 0 Å². The van der Waals surface area contributed by atoms with Crippen LogP contribution in [0.15, 0.2) is 23.1 Å². The Morgan fingerprint density at radius 2 is 1.88 bits per heavy atom. The topological polar surface area (TPSA) is 71.4 Å². The molecule has 0 radical (unpaired) electrons. The van der Waals surface area contributed by atoms with Crippen LogP contribution in [0.2, 0.25) is 0 Å². The van der Waals surface area contributed by atoms with Gasteiger partial charge in [-0.3, -0.25) is 4.79 Å². The summed E-state index contributed by atoms with van der Waals surface area (Å²) in [5.41, 5.74) is 1.89. The summed E-state index contributed by atoms with van der Waals surface area (Å²) in [6, 6.07) is 4.84. The maximum absolute atomic E-state index is 12.1. The van der Waals surface area contributed by atoms with Gasteiger partial charge in [0, 0.05) is 0 Å². The van der Waals surface area contributed by atoms with E-state index in [1.165, 1.54) is 13.0 Å². The second-order valence-electron chi connectivity index (χ2n) is 4.20. The predicted molar refractivity (Wildman–Crippen MR) is 64.8 cm³/mol. The molecule has 1 atom stereocenters. The van der Waals surface area contributed by atoms with Gasteiger partial charge in [-0.05, 0) is 44.0 Å². The van der Waals surface area contributed by atoms with Gasteiger partial charge in [0.05, 0.1) is 16.6 Å². The normalized spacial score (nSPS) is 13.4. The van der Waals surface area contributed by atoms with Crippen molar-refractivity contribution in [2.24, 2.45) is 0 Å². The number of benzene rings is 1. The molecule has 0 aliphatic heterocycles. The van der Waals surface area contributed by atoms with Crippen LogP contribution in [-0.2, 0) is 14.6 Å². The molecule has 5 heteroatoms. The second-order valence-corrected chi connectivity index (χ2v) is 6.57. The second kappa shape index (κ2) is 4.87. The third kappa shape index (κ3) is 3.06. The van der Waals surface area contributed by atoms with E-state index < -0.39 is 21.1 Å². The largest absolute Gasteiger partial charge is 0.481 e. The fraction of sp³-hybridized carbons (Fsp3) is 0.417. The molecule has 0 heterocycles. The summed E-state index contributed by atoms with van der Waals surface area (Å²) in [7, 11) is -3.55. The Morgan fingerprint density at radius 1 is 1.29 bits per heavy atom. The Labute approximate surface area is 101 Å². The Kier molecular flexibility index (Phi) is 3.93. The molecular formula is C12H16O4S. The van der Waals surface area contributed by atoms with E-state index in [-0.39, 0.29) is 11.3 Å². The molecule has 4 nitrogen and oxygen atoms in total. The molecule has 1 aromatic rings. The van der Waals surface area contributed by atoms with E-state index in [9.17, 15) is 13.2 Å². The van der Waals surface area contributed by atoms with Crippen molar-refractivity contribution in [3.63, 3.8) is 0 Å². The molecular weight excluding hydrogens is 240 g/mol. The zero-order chi connectivity index (χ0) is 13.2. The Hall–Kier alpha value is -1.36. The molecule has 17 heavy (non-hydrogen) atoms. The lowest BCUT2D eigenvalue weighted by Crippen LogP contribution is -2.21. The van der Waals surface area contributed by atoms with Crippen LogP contribution in [0.1, 0.15) is 24.5 Å². The molecule has 1 N–H and O–H groups in total. The highest BCUT2D eigenvalue weighted by molar-refractivity contribution is 7.92. The highest BCUT2D eigenvalue weighted by Crippen LogP contribution is 2.20. The maximum atomic E-state index is 12.1. The van der Waals surface area contributed by atoms with Gasteiger partial charge in [-0.15, -0.1) is 0 Å². The molecule has 0 spiro atoms. The third-order valence-electron chi connectivity index (χ3n) is 2.80. The van der Waals surface area contributed by atoms with Crippen molar-refractivity contribution in [3.8, 4) is 0 Å². The lowest BCUT2D eigenvalue weighted by molar-refractivity contribution is -0.136. The van der Waals surface area contributed by atoms with Gasteiger partial charge in [0.15, 0.2) is 9.84 Å². The Morgan fingerprint density at radius 3 is 2.35 bits per heavy atom. The summed E-state index contributed by atoms with van der Waals surface area (Å²) in [6.07, 6.45) is -0.380. The predicted octanol–water partition coefficient (Wildman–Crippen LogP) is 1.94. The first kappa shape index (κ1) is 13.7. The summed E-state index contributed by atoms with van der Waals surface area (Å²) >= 11 is 0. The van der Waals surface area contributed by atoms with E-state index in [2.05, 4.69) is 0 Å². The van der Waals surface area contributed by atoms with Gasteiger partial charge in [-0.1, -0.05) is 6.07 Å². The van der Waals surface area contributed by atoms with Crippen molar-refractivity contribution >= 4 is 15.8 Å². The van der Waals surface area contributed by atoms with Crippen LogP contribution in [0.5, 0.6) is 0 Å². The van der Waals surface area contributed by atoms with Crippen molar-refractivity contribution in [2.45, 2.75) is 37.3 Å². The fourth-order valence-electron chi connectivity index (χ4n) is 1.48. The molecule has 1 unspecified atom stereocenters. The molecule has 0 fully saturated rings. The summed E-state index contributed by atoms with van der Waals surface area (Å²) in [4.78, 5) is 10.7. The molecule has 0 saturated heterocycles. The van der Waals surface area contributed by atoms with Crippen LogP contribution in [0, 0.1) is 13.8 Å². The van der Waals surface area contributed by atoms with Crippen molar-refractivity contribution in [3.05, 3.63) is 29.3 Å². The third-order valence-corrected chi connectivity index (χ3v) is 4.94. The van der Waals surface area contributed by atoms with Crippen molar-refractivity contribution in [1.29, 1.82) is 0 Å². The van der Waals surface area contributed by atoms with E-state index in [4.69, 9.17) is 5.11 Å². The molecule has 1 aromatic carbocycles. The van der Waals surface area contributed by atoms with E-state index in [1.807, 2.05) is 13.8 Å². The van der Waals surface area contributed by atoms with Crippen molar-refractivity contribution in [2.75, 3.05) is 0 Å². The highest BCUT2D eigenvalue weighted by Gasteiger charge is 2.25. The lowest BCUT2D eigenvalue weighted by atomic mass is 10.1. The summed E-state index contributed by atoms with van der Waals surface area (Å²) < 4.78 is 24.1. The van der Waals surface area contributed by atoms with Gasteiger partial charge in [0.2, 0.25) is 0 Å². The molecule has 0 bridgehead atoms. The molecule has 94 valence electrons. The molecule has 1 rings (SSSR count). The fourth-order valence-corrected chi connectivity index (χ4v) is 2.90. The zero-order valence-corrected chi connectivity index (χ0v) is 10.9. The van der Waals surface area contributed by atoms with Crippen molar-refractivity contribution in [1.82, 2.24) is 0 Å². The average molecular weight is 256 g/mol. The minimum atomic E-state index is -3.55. The quantitative estimate of drug-likeness (QED) is 0.893. The Balaban J connectivity index is 3.13. The van der Waals surface area contributed by atoms with Crippen LogP contribution in [-0.4, -0.2) is 24.7 Å². The van der Waals surface area contributed by atoms with Gasteiger partial charge < -0.3 is 5.11 Å². The Bertz CT molecular complexity index is 531. The molecule has 0 amide bonds. The zero-order valence-electron chi connectivity index (χ0n) is 10.1. The minimum absolute atomic E-state index is 0.189. The number of rotatable bonds is 4. The monoisotopic (exact) mass is 256 g/mol. The summed E-state index contributed by atoms with van der Waals surface area (Å²) in [5, 5.41) is 7.71. The van der Waals surface area contributed by atoms with Crippen LogP contribution in [0.4, 0.5) is 0 Å². The van der Waals surface area contributed by atoms with Gasteiger partial charge in [0.25, 0.3) is 0 Å². The van der Waals surface area contributed by atoms with Crippen LogP contribution >= 0.6 is 0 Å². The standard InChI is InChI=1S/C12H16O4S/c1-8-4-5-11(6-9(8)2)17(15,16)10(3)7-12(13)14/h4-6,10H,7H2,1-3H3,(H,13,14). The molecule has 0 saturated carbocycles. The van der Waals surface area contributed by atoms with Crippen molar-refractivity contribution < 1.29 is 18.3 Å². The van der Waals surface area contributed by atoms with Crippen LogP contribution in [0.25, 0.3) is 0 Å². The van der Waals surface area contributed by atoms with Gasteiger partial charge >= 0.3 is 5.97 Å². The maximum Gasteiger partial charge on any atom is 0.304 e. The minimum Gasteiger partial charge on any atom is -0.481 e. The highest BCUT2D eigenvalue weighted by atomic mass is 32.2. The number of hydrogen-bond acceptors (Lipinski definition) is 3. The average Bonchev–Trinajstić information content (AvgIpc) is 2.20. The number of aryl methyl sites for hydroxylation is 2. The first-order valence-electron chi connectivity index (χ1n) is 5.28. The van der Waals surface area contributed by atoms with Crippen LogP contribution < -0.4 is 0 Å². The van der Waals surface area contributed by atoms with E-state index in [0.29, 0.717) is 0 Å². The lowest BCUT2D eigenvalue weighted by Gasteiger charge is -2.12. The number of carbonyl (C=O) groups is 1. The first-order chi connectivity index (χ1) is 7.75. The molecule has 0 aliphatic carbocycles. The van der Waals surface area contributed by atoms with Gasteiger partial charge in [-0.25, -0.2) is 8.42 Å². The van der Waals surface area contributed by atoms with Gasteiger partial charge in [0.1, 0.15) is 0 Å². The summed E-state index contributed by atoms with van der Waals surface area (Å²) in [5.74, 6) is -1.11. The van der Waals surface area contributed by atoms with Crippen LogP contribution in [0.3, 0.4) is 0 Å². The van der Waals surface area contributed by atoms with E-state index in [1.54, 1.807) is 12.1 Å². The number of hydrogen-bond donors (Lipinski definition) is 1. The number of aliphatic carboxylic acids is 1. The SMILES string of the molecule is Cc1ccc(S(=O)(=O)C(C)CC(=O)O)cc1C. The summed E-state index contributed by atoms with van der Waals surface area (Å²) in [6.45, 7) is 5.14. The smallest absolute Gasteiger partial charge is 0.304 e. The number of carboxylic acids is 1.